The Labute approximate surface area is 91.2 Å². The standard InChI is InChI=1S/C8H13N3O5/c9-5(12)3-4-10-8(16)11-6(13)1-2-7(14)15/h1-4H2,(H2,9,12)(H,14,15)(H2,10,11,13,16). The normalized spacial score (nSPS) is 9.25. The number of rotatable bonds is 6. The van der Waals surface area contributed by atoms with E-state index in [1.54, 1.807) is 0 Å². The van der Waals surface area contributed by atoms with E-state index in [0.29, 0.717) is 0 Å². The van der Waals surface area contributed by atoms with Crippen LogP contribution in [0.1, 0.15) is 19.3 Å². The van der Waals surface area contributed by atoms with Crippen molar-refractivity contribution >= 4 is 23.8 Å². The molecular weight excluding hydrogens is 218 g/mol. The van der Waals surface area contributed by atoms with Gasteiger partial charge in [0.1, 0.15) is 0 Å². The highest BCUT2D eigenvalue weighted by atomic mass is 16.4. The number of hydrogen-bond acceptors (Lipinski definition) is 4. The molecule has 0 aliphatic rings. The van der Waals surface area contributed by atoms with E-state index < -0.39 is 23.8 Å². The minimum absolute atomic E-state index is 0.0212. The molecule has 0 aromatic heterocycles. The van der Waals surface area contributed by atoms with Crippen molar-refractivity contribution in [3.8, 4) is 0 Å². The monoisotopic (exact) mass is 231 g/mol. The fourth-order valence-corrected chi connectivity index (χ4v) is 0.753. The average molecular weight is 231 g/mol. The number of primary amides is 1. The molecule has 0 aromatic rings. The van der Waals surface area contributed by atoms with Gasteiger partial charge in [-0.15, -0.1) is 0 Å². The zero-order chi connectivity index (χ0) is 12.6. The Morgan fingerprint density at radius 3 is 2.19 bits per heavy atom. The largest absolute Gasteiger partial charge is 0.481 e. The van der Waals surface area contributed by atoms with Crippen molar-refractivity contribution in [2.24, 2.45) is 5.73 Å². The number of nitrogens with one attached hydrogen (secondary N) is 2. The number of hydrogen-bond donors (Lipinski definition) is 4. The molecule has 0 rings (SSSR count). The van der Waals surface area contributed by atoms with Crippen molar-refractivity contribution in [3.63, 3.8) is 0 Å². The minimum atomic E-state index is -1.12. The molecule has 16 heavy (non-hydrogen) atoms. The SMILES string of the molecule is NC(=O)CCNC(=O)NC(=O)CCC(=O)O. The Bertz CT molecular complexity index is 302. The van der Waals surface area contributed by atoms with Gasteiger partial charge >= 0.3 is 12.0 Å². The molecule has 0 unspecified atom stereocenters. The number of carbonyl (C=O) groups excluding carboxylic acids is 3. The van der Waals surface area contributed by atoms with Gasteiger partial charge in [-0.2, -0.15) is 0 Å². The molecule has 0 saturated carbocycles. The van der Waals surface area contributed by atoms with Crippen molar-refractivity contribution in [1.82, 2.24) is 10.6 Å². The molecule has 0 heterocycles. The zero-order valence-electron chi connectivity index (χ0n) is 8.49. The van der Waals surface area contributed by atoms with E-state index in [0.717, 1.165) is 0 Å². The maximum Gasteiger partial charge on any atom is 0.321 e. The number of nitrogens with two attached hydrogens (primary N) is 1. The summed E-state index contributed by atoms with van der Waals surface area (Å²) in [5.41, 5.74) is 4.82. The van der Waals surface area contributed by atoms with E-state index in [4.69, 9.17) is 10.8 Å². The van der Waals surface area contributed by atoms with E-state index >= 15 is 0 Å². The van der Waals surface area contributed by atoms with Gasteiger partial charge in [-0.25, -0.2) is 4.79 Å². The maximum atomic E-state index is 10.9. The van der Waals surface area contributed by atoms with Crippen molar-refractivity contribution in [3.05, 3.63) is 0 Å². The van der Waals surface area contributed by atoms with Crippen molar-refractivity contribution in [2.75, 3.05) is 6.54 Å². The summed E-state index contributed by atoms with van der Waals surface area (Å²) in [6.07, 6.45) is -0.657. The summed E-state index contributed by atoms with van der Waals surface area (Å²) in [4.78, 5) is 42.3. The second-order valence-electron chi connectivity index (χ2n) is 2.91. The van der Waals surface area contributed by atoms with Gasteiger partial charge in [0, 0.05) is 19.4 Å². The third kappa shape index (κ3) is 8.48. The highest BCUT2D eigenvalue weighted by molar-refractivity contribution is 5.95. The van der Waals surface area contributed by atoms with E-state index in [9.17, 15) is 19.2 Å². The lowest BCUT2D eigenvalue weighted by atomic mass is 10.3. The topological polar surface area (TPSA) is 139 Å². The lowest BCUT2D eigenvalue weighted by Crippen LogP contribution is -2.40. The van der Waals surface area contributed by atoms with E-state index in [2.05, 4.69) is 5.32 Å². The molecule has 8 heteroatoms. The van der Waals surface area contributed by atoms with Crippen LogP contribution in [-0.4, -0.2) is 35.5 Å². The molecule has 0 bridgehead atoms. The molecule has 5 N–H and O–H groups in total. The number of amides is 4. The fourth-order valence-electron chi connectivity index (χ4n) is 0.753. The smallest absolute Gasteiger partial charge is 0.321 e. The van der Waals surface area contributed by atoms with Crippen LogP contribution in [0.3, 0.4) is 0 Å². The first-order valence-corrected chi connectivity index (χ1v) is 4.49. The lowest BCUT2D eigenvalue weighted by molar-refractivity contribution is -0.138. The predicted octanol–water partition coefficient (Wildman–Crippen LogP) is -1.45. The number of aliphatic carboxylic acids is 1. The van der Waals surface area contributed by atoms with Crippen molar-refractivity contribution < 1.29 is 24.3 Å². The Morgan fingerprint density at radius 2 is 1.69 bits per heavy atom. The van der Waals surface area contributed by atoms with E-state index in [1.165, 1.54) is 0 Å². The first kappa shape index (κ1) is 13.9. The molecule has 0 fully saturated rings. The van der Waals surface area contributed by atoms with Crippen LogP contribution in [0.25, 0.3) is 0 Å². The number of carbonyl (C=O) groups is 4. The molecule has 4 amide bonds. The van der Waals surface area contributed by atoms with Gasteiger partial charge in [0.05, 0.1) is 6.42 Å². The third-order valence-corrected chi connectivity index (χ3v) is 1.48. The molecule has 90 valence electrons. The van der Waals surface area contributed by atoms with Crippen molar-refractivity contribution in [1.29, 1.82) is 0 Å². The summed E-state index contributed by atoms with van der Waals surface area (Å²) in [6.45, 7) is 0.0212. The van der Waals surface area contributed by atoms with Crippen LogP contribution in [-0.2, 0) is 14.4 Å². The highest BCUT2D eigenvalue weighted by Gasteiger charge is 2.09. The van der Waals surface area contributed by atoms with Crippen LogP contribution in [0, 0.1) is 0 Å². The quantitative estimate of drug-likeness (QED) is 0.443. The molecule has 0 atom stereocenters. The van der Waals surface area contributed by atoms with Gasteiger partial charge in [0.15, 0.2) is 0 Å². The van der Waals surface area contributed by atoms with Gasteiger partial charge in [-0.05, 0) is 0 Å². The second-order valence-corrected chi connectivity index (χ2v) is 2.91. The summed E-state index contributed by atoms with van der Waals surface area (Å²) >= 11 is 0. The van der Waals surface area contributed by atoms with Gasteiger partial charge < -0.3 is 16.2 Å². The second kappa shape index (κ2) is 7.21. The summed E-state index contributed by atoms with van der Waals surface area (Å²) < 4.78 is 0. The maximum absolute atomic E-state index is 10.9. The van der Waals surface area contributed by atoms with Gasteiger partial charge in [-0.3, -0.25) is 19.7 Å². The Kier molecular flexibility index (Phi) is 6.25. The van der Waals surface area contributed by atoms with Gasteiger partial charge in [0.2, 0.25) is 11.8 Å². The molecule has 0 radical (unpaired) electrons. The molecule has 0 spiro atoms. The number of imide groups is 1. The fraction of sp³-hybridized carbons (Fsp3) is 0.500. The summed E-state index contributed by atoms with van der Waals surface area (Å²) in [6, 6.07) is -0.781. The minimum Gasteiger partial charge on any atom is -0.481 e. The molecule has 0 aromatic carbocycles. The summed E-state index contributed by atoms with van der Waals surface area (Å²) in [7, 11) is 0. The van der Waals surface area contributed by atoms with Crippen LogP contribution in [0.5, 0.6) is 0 Å². The number of urea groups is 1. The Balaban J connectivity index is 3.66. The Morgan fingerprint density at radius 1 is 1.06 bits per heavy atom. The van der Waals surface area contributed by atoms with E-state index in [-0.39, 0.29) is 25.8 Å². The molecular formula is C8H13N3O5. The van der Waals surface area contributed by atoms with Crippen LogP contribution in [0.15, 0.2) is 0 Å². The highest BCUT2D eigenvalue weighted by Crippen LogP contribution is 1.88. The van der Waals surface area contributed by atoms with Crippen LogP contribution in [0.2, 0.25) is 0 Å². The van der Waals surface area contributed by atoms with Gasteiger partial charge in [-0.1, -0.05) is 0 Å². The van der Waals surface area contributed by atoms with E-state index in [1.807, 2.05) is 5.32 Å². The summed E-state index contributed by atoms with van der Waals surface area (Å²) in [5, 5.41) is 12.4. The first-order valence-electron chi connectivity index (χ1n) is 4.49. The van der Waals surface area contributed by atoms with Crippen LogP contribution >= 0.6 is 0 Å². The van der Waals surface area contributed by atoms with Crippen LogP contribution in [0.4, 0.5) is 4.79 Å². The summed E-state index contributed by atoms with van der Waals surface area (Å²) in [5.74, 6) is -2.39. The Hall–Kier alpha value is -2.12. The molecule has 0 aliphatic carbocycles. The zero-order valence-corrected chi connectivity index (χ0v) is 8.49. The van der Waals surface area contributed by atoms with Gasteiger partial charge in [0.25, 0.3) is 0 Å². The predicted molar refractivity (Wildman–Crippen MR) is 52.2 cm³/mol. The average Bonchev–Trinajstić information content (AvgIpc) is 2.14. The lowest BCUT2D eigenvalue weighted by Gasteiger charge is -2.04. The third-order valence-electron chi connectivity index (χ3n) is 1.48. The molecule has 8 nitrogen and oxygen atoms in total. The number of carboxylic acids is 1. The van der Waals surface area contributed by atoms with Crippen molar-refractivity contribution in [2.45, 2.75) is 19.3 Å². The molecule has 0 saturated heterocycles. The number of carboxylic acid groups (broad SMARTS) is 1. The molecule has 0 aliphatic heterocycles. The first-order chi connectivity index (χ1) is 7.41. The van der Waals surface area contributed by atoms with Crippen LogP contribution < -0.4 is 16.4 Å².